The van der Waals surface area contributed by atoms with Crippen LogP contribution in [0, 0.1) is 0 Å². The number of sulfonamides is 1. The maximum Gasteiger partial charge on any atom is 0.416 e. The van der Waals surface area contributed by atoms with E-state index in [0.717, 1.165) is 24.3 Å². The smallest absolute Gasteiger partial charge is 0.416 e. The van der Waals surface area contributed by atoms with Gasteiger partial charge in [-0.1, -0.05) is 0 Å². The number of hydrogen-bond donors (Lipinski definition) is 0. The summed E-state index contributed by atoms with van der Waals surface area (Å²) in [4.78, 5) is -0.207. The third kappa shape index (κ3) is 3.49. The normalized spacial score (nSPS) is 19.8. The molecule has 28 heavy (non-hydrogen) atoms. The minimum atomic E-state index is -4.53. The van der Waals surface area contributed by atoms with Crippen LogP contribution in [0.15, 0.2) is 47.4 Å². The monoisotopic (exact) mass is 415 g/mol. The Bertz CT molecular complexity index is 976. The van der Waals surface area contributed by atoms with Crippen LogP contribution in [0.3, 0.4) is 0 Å². The summed E-state index contributed by atoms with van der Waals surface area (Å²) in [6, 6.07) is 8.38. The second-order valence-electron chi connectivity index (χ2n) is 6.37. The summed E-state index contributed by atoms with van der Waals surface area (Å²) in [5.41, 5.74) is -0.902. The lowest BCUT2D eigenvalue weighted by Gasteiger charge is -2.25. The summed E-state index contributed by atoms with van der Waals surface area (Å²) in [6.07, 6.45) is -4.24. The molecule has 6 nitrogen and oxygen atoms in total. The Morgan fingerprint density at radius 3 is 2.46 bits per heavy atom. The van der Waals surface area contributed by atoms with E-state index in [1.165, 1.54) is 4.31 Å². The first-order valence-electron chi connectivity index (χ1n) is 8.50. The first kappa shape index (κ1) is 18.9. The molecule has 4 rings (SSSR count). The van der Waals surface area contributed by atoms with Crippen LogP contribution in [-0.2, 0) is 16.2 Å². The highest BCUT2D eigenvalue weighted by molar-refractivity contribution is 7.89. The Balaban J connectivity index is 1.55. The predicted octanol–water partition coefficient (Wildman–Crippen LogP) is 3.62. The molecule has 2 aromatic rings. The van der Waals surface area contributed by atoms with Gasteiger partial charge in [-0.25, -0.2) is 8.42 Å². The van der Waals surface area contributed by atoms with E-state index in [4.69, 9.17) is 14.2 Å². The van der Waals surface area contributed by atoms with E-state index < -0.39 is 28.0 Å². The van der Waals surface area contributed by atoms with Gasteiger partial charge in [0.15, 0.2) is 17.7 Å². The van der Waals surface area contributed by atoms with Crippen LogP contribution in [0.1, 0.15) is 18.4 Å². The van der Waals surface area contributed by atoms with Gasteiger partial charge < -0.3 is 14.2 Å². The molecule has 0 saturated carbocycles. The Hall–Kier alpha value is -2.46. The van der Waals surface area contributed by atoms with Crippen LogP contribution in [0.25, 0.3) is 0 Å². The Morgan fingerprint density at radius 2 is 1.75 bits per heavy atom. The van der Waals surface area contributed by atoms with Gasteiger partial charge in [0.25, 0.3) is 0 Å². The average Bonchev–Trinajstić information content (AvgIpc) is 3.30. The first-order chi connectivity index (χ1) is 13.2. The minimum Gasteiger partial charge on any atom is -0.474 e. The Morgan fingerprint density at radius 1 is 1.04 bits per heavy atom. The zero-order valence-electron chi connectivity index (χ0n) is 14.5. The zero-order chi connectivity index (χ0) is 19.9. The molecular weight excluding hydrogens is 399 g/mol. The van der Waals surface area contributed by atoms with E-state index in [9.17, 15) is 21.6 Å². The van der Waals surface area contributed by atoms with Gasteiger partial charge in [-0.2, -0.15) is 17.5 Å². The zero-order valence-corrected chi connectivity index (χ0v) is 15.3. The van der Waals surface area contributed by atoms with Crippen molar-refractivity contribution in [3.8, 4) is 17.2 Å². The second-order valence-corrected chi connectivity index (χ2v) is 8.26. The van der Waals surface area contributed by atoms with Crippen molar-refractivity contribution in [1.82, 2.24) is 4.31 Å². The van der Waals surface area contributed by atoms with Crippen molar-refractivity contribution >= 4 is 10.0 Å². The number of alkyl halides is 3. The van der Waals surface area contributed by atoms with Crippen LogP contribution in [0.2, 0.25) is 0 Å². The third-order valence-corrected chi connectivity index (χ3v) is 6.46. The lowest BCUT2D eigenvalue weighted by atomic mass is 10.2. The van der Waals surface area contributed by atoms with E-state index in [2.05, 4.69) is 0 Å². The molecule has 10 heteroatoms. The van der Waals surface area contributed by atoms with E-state index >= 15 is 0 Å². The molecule has 2 aliphatic rings. The summed E-state index contributed by atoms with van der Waals surface area (Å²) in [5.74, 6) is 1.50. The lowest BCUT2D eigenvalue weighted by Crippen LogP contribution is -2.39. The second kappa shape index (κ2) is 6.85. The number of halogens is 3. The standard InChI is InChI=1S/C18H16F3NO5S/c19-18(20,21)12-3-6-14(7-4-12)28(23,24)22-9-1-2-17(22)27-13-5-8-15-16(10-13)26-11-25-15/h3-8,10,17H,1-2,9,11H2/t17-/m0/s1. The molecule has 0 aromatic heterocycles. The van der Waals surface area contributed by atoms with E-state index in [-0.39, 0.29) is 18.2 Å². The molecule has 1 atom stereocenters. The number of ether oxygens (including phenoxy) is 3. The van der Waals surface area contributed by atoms with Crippen LogP contribution >= 0.6 is 0 Å². The van der Waals surface area contributed by atoms with Crippen LogP contribution in [0.4, 0.5) is 13.2 Å². The van der Waals surface area contributed by atoms with Gasteiger partial charge in [0.1, 0.15) is 5.75 Å². The van der Waals surface area contributed by atoms with Gasteiger partial charge in [0.05, 0.1) is 10.5 Å². The molecule has 0 bridgehead atoms. The molecule has 0 aliphatic carbocycles. The summed E-state index contributed by atoms with van der Waals surface area (Å²) in [7, 11) is -4.00. The van der Waals surface area contributed by atoms with Gasteiger partial charge in [0, 0.05) is 19.0 Å². The van der Waals surface area contributed by atoms with Crippen molar-refractivity contribution in [2.24, 2.45) is 0 Å². The molecule has 1 fully saturated rings. The number of rotatable bonds is 4. The summed E-state index contributed by atoms with van der Waals surface area (Å²) in [5, 5.41) is 0. The van der Waals surface area contributed by atoms with E-state index in [1.54, 1.807) is 18.2 Å². The van der Waals surface area contributed by atoms with Crippen LogP contribution in [-0.4, -0.2) is 32.3 Å². The van der Waals surface area contributed by atoms with E-state index in [1.807, 2.05) is 0 Å². The fourth-order valence-corrected chi connectivity index (χ4v) is 4.74. The quantitative estimate of drug-likeness (QED) is 0.763. The average molecular weight is 415 g/mol. The molecule has 0 N–H and O–H groups in total. The number of nitrogens with zero attached hydrogens (tertiary/aromatic N) is 1. The van der Waals surface area contributed by atoms with Gasteiger partial charge >= 0.3 is 6.18 Å². The van der Waals surface area contributed by atoms with Crippen LogP contribution < -0.4 is 14.2 Å². The summed E-state index contributed by atoms with van der Waals surface area (Å²) < 4.78 is 81.5. The minimum absolute atomic E-state index is 0.108. The molecule has 0 radical (unpaired) electrons. The molecule has 2 heterocycles. The highest BCUT2D eigenvalue weighted by atomic mass is 32.2. The van der Waals surface area contributed by atoms with Gasteiger partial charge in [-0.15, -0.1) is 0 Å². The van der Waals surface area contributed by atoms with Crippen molar-refractivity contribution in [2.75, 3.05) is 13.3 Å². The van der Waals surface area contributed by atoms with Crippen molar-refractivity contribution in [2.45, 2.75) is 30.1 Å². The number of fused-ring (bicyclic) bond motifs is 1. The molecular formula is C18H16F3NO5S. The molecule has 0 amide bonds. The fourth-order valence-electron chi connectivity index (χ4n) is 3.16. The highest BCUT2D eigenvalue weighted by Gasteiger charge is 2.38. The van der Waals surface area contributed by atoms with Crippen molar-refractivity contribution < 1.29 is 35.8 Å². The highest BCUT2D eigenvalue weighted by Crippen LogP contribution is 2.37. The largest absolute Gasteiger partial charge is 0.474 e. The Kier molecular flexibility index (Phi) is 4.62. The Labute approximate surface area is 159 Å². The molecule has 0 spiro atoms. The maximum atomic E-state index is 12.9. The summed E-state index contributed by atoms with van der Waals surface area (Å²) in [6.45, 7) is 0.329. The maximum absolute atomic E-state index is 12.9. The molecule has 1 saturated heterocycles. The lowest BCUT2D eigenvalue weighted by molar-refractivity contribution is -0.137. The number of benzene rings is 2. The van der Waals surface area contributed by atoms with Crippen LogP contribution in [0.5, 0.6) is 17.2 Å². The molecule has 2 aromatic carbocycles. The SMILES string of the molecule is O=S(=O)(c1ccc(C(F)(F)F)cc1)N1CCC[C@@H]1Oc1ccc2c(c1)OCO2. The predicted molar refractivity (Wildman–Crippen MR) is 91.6 cm³/mol. The van der Waals surface area contributed by atoms with Crippen molar-refractivity contribution in [1.29, 1.82) is 0 Å². The number of hydrogen-bond acceptors (Lipinski definition) is 5. The molecule has 150 valence electrons. The van der Waals surface area contributed by atoms with Gasteiger partial charge in [0.2, 0.25) is 16.8 Å². The fraction of sp³-hybridized carbons (Fsp3) is 0.333. The first-order valence-corrected chi connectivity index (χ1v) is 9.94. The van der Waals surface area contributed by atoms with E-state index in [0.29, 0.717) is 30.1 Å². The molecule has 0 unspecified atom stereocenters. The third-order valence-electron chi connectivity index (χ3n) is 4.56. The van der Waals surface area contributed by atoms with Gasteiger partial charge in [-0.3, -0.25) is 0 Å². The van der Waals surface area contributed by atoms with Gasteiger partial charge in [-0.05, 0) is 42.8 Å². The van der Waals surface area contributed by atoms with Crippen molar-refractivity contribution in [3.63, 3.8) is 0 Å². The van der Waals surface area contributed by atoms with Crippen molar-refractivity contribution in [3.05, 3.63) is 48.0 Å². The topological polar surface area (TPSA) is 65.1 Å². The molecule has 2 aliphatic heterocycles. The summed E-state index contributed by atoms with van der Waals surface area (Å²) >= 11 is 0.